The van der Waals surface area contributed by atoms with E-state index in [0.717, 1.165) is 5.71 Å². The first-order valence-electron chi connectivity index (χ1n) is 3.69. The Hall–Kier alpha value is -1.09. The van der Waals surface area contributed by atoms with E-state index < -0.39 is 0 Å². The van der Waals surface area contributed by atoms with Gasteiger partial charge in [0.15, 0.2) is 0 Å². The zero-order valence-corrected chi connectivity index (χ0v) is 6.70. The van der Waals surface area contributed by atoms with Crippen molar-refractivity contribution in [3.8, 4) is 0 Å². The first-order chi connectivity index (χ1) is 5.27. The van der Waals surface area contributed by atoms with Crippen LogP contribution in [0.4, 0.5) is 0 Å². The molecule has 0 aromatic carbocycles. The van der Waals surface area contributed by atoms with Crippen LogP contribution in [0, 0.1) is 0 Å². The minimum absolute atomic E-state index is 0.194. The summed E-state index contributed by atoms with van der Waals surface area (Å²) >= 11 is 0. The van der Waals surface area contributed by atoms with Crippen LogP contribution >= 0.6 is 0 Å². The Morgan fingerprint density at radius 2 is 2.36 bits per heavy atom. The third-order valence-electron chi connectivity index (χ3n) is 1.94. The largest absolute Gasteiger partial charge is 0.324 e. The molecule has 2 aliphatic heterocycles. The summed E-state index contributed by atoms with van der Waals surface area (Å²) in [6.45, 7) is 2.01. The lowest BCUT2D eigenvalue weighted by molar-refractivity contribution is 0.255. The van der Waals surface area contributed by atoms with Gasteiger partial charge in [0.2, 0.25) is 0 Å². The highest BCUT2D eigenvalue weighted by atomic mass is 15.5. The molecule has 0 saturated heterocycles. The van der Waals surface area contributed by atoms with Gasteiger partial charge < -0.3 is 5.43 Å². The summed E-state index contributed by atoms with van der Waals surface area (Å²) in [5, 5.41) is 1.99. The molecule has 0 fully saturated rings. The maximum absolute atomic E-state index is 4.45. The Morgan fingerprint density at radius 3 is 3.18 bits per heavy atom. The predicted octanol–water partition coefficient (Wildman–Crippen LogP) is 0.677. The standard InChI is InChI=1S/C8H11N3/c1-6-3-4-7-5-9-11(2)8(7)10-6/h3-5,8-9H,1-2H3. The van der Waals surface area contributed by atoms with Crippen LogP contribution in [0.1, 0.15) is 6.92 Å². The quantitative estimate of drug-likeness (QED) is 0.548. The molecule has 11 heavy (non-hydrogen) atoms. The molecule has 0 saturated carbocycles. The van der Waals surface area contributed by atoms with E-state index in [0.29, 0.717) is 0 Å². The van der Waals surface area contributed by atoms with E-state index in [9.17, 15) is 0 Å². The van der Waals surface area contributed by atoms with E-state index in [1.807, 2.05) is 31.3 Å². The number of likely N-dealkylation sites (N-methyl/N-ethyl adjacent to an activating group) is 1. The third-order valence-corrected chi connectivity index (χ3v) is 1.94. The third kappa shape index (κ3) is 0.973. The highest BCUT2D eigenvalue weighted by Gasteiger charge is 2.23. The Kier molecular flexibility index (Phi) is 1.32. The molecule has 58 valence electrons. The zero-order chi connectivity index (χ0) is 7.84. The summed E-state index contributed by atoms with van der Waals surface area (Å²) in [5.74, 6) is 0. The van der Waals surface area contributed by atoms with E-state index in [1.165, 1.54) is 5.57 Å². The molecular formula is C8H11N3. The van der Waals surface area contributed by atoms with Gasteiger partial charge in [-0.25, -0.2) is 0 Å². The Balaban J connectivity index is 2.32. The fraction of sp³-hybridized carbons (Fsp3) is 0.375. The van der Waals surface area contributed by atoms with Gasteiger partial charge in [0.05, 0.1) is 0 Å². The van der Waals surface area contributed by atoms with Crippen LogP contribution in [0.2, 0.25) is 0 Å². The van der Waals surface area contributed by atoms with Gasteiger partial charge in [0.25, 0.3) is 0 Å². The second kappa shape index (κ2) is 2.20. The molecule has 1 N–H and O–H groups in total. The second-order valence-corrected chi connectivity index (χ2v) is 2.86. The van der Waals surface area contributed by atoms with Gasteiger partial charge in [-0.15, -0.1) is 0 Å². The fourth-order valence-electron chi connectivity index (χ4n) is 1.29. The lowest BCUT2D eigenvalue weighted by Crippen LogP contribution is -2.34. The molecular weight excluding hydrogens is 138 g/mol. The minimum atomic E-state index is 0.194. The molecule has 0 spiro atoms. The number of allylic oxidation sites excluding steroid dienone is 1. The number of rotatable bonds is 0. The van der Waals surface area contributed by atoms with Crippen molar-refractivity contribution in [2.75, 3.05) is 7.05 Å². The molecule has 0 amide bonds. The molecule has 0 aromatic heterocycles. The average Bonchev–Trinajstić information content (AvgIpc) is 2.33. The molecule has 2 heterocycles. The number of aliphatic imine (C=N–C) groups is 1. The number of hydrogen-bond donors (Lipinski definition) is 1. The predicted molar refractivity (Wildman–Crippen MR) is 45.0 cm³/mol. The maximum atomic E-state index is 4.45. The second-order valence-electron chi connectivity index (χ2n) is 2.86. The van der Waals surface area contributed by atoms with Crippen molar-refractivity contribution in [3.63, 3.8) is 0 Å². The Morgan fingerprint density at radius 1 is 1.55 bits per heavy atom. The van der Waals surface area contributed by atoms with Crippen LogP contribution in [0.3, 0.4) is 0 Å². The molecule has 1 unspecified atom stereocenters. The topological polar surface area (TPSA) is 27.6 Å². The number of dihydropyridines is 1. The highest BCUT2D eigenvalue weighted by Crippen LogP contribution is 2.19. The fourth-order valence-corrected chi connectivity index (χ4v) is 1.29. The van der Waals surface area contributed by atoms with Crippen molar-refractivity contribution in [1.29, 1.82) is 0 Å². The summed E-state index contributed by atoms with van der Waals surface area (Å²) in [6, 6.07) is 0. The van der Waals surface area contributed by atoms with Gasteiger partial charge in [-0.2, -0.15) is 5.01 Å². The Bertz CT molecular complexity index is 263. The van der Waals surface area contributed by atoms with Gasteiger partial charge in [-0.1, -0.05) is 6.08 Å². The van der Waals surface area contributed by atoms with Crippen LogP contribution in [-0.4, -0.2) is 23.9 Å². The number of nitrogens with one attached hydrogen (secondary N) is 1. The lowest BCUT2D eigenvalue weighted by atomic mass is 10.1. The number of nitrogens with zero attached hydrogens (tertiary/aromatic N) is 2. The Labute approximate surface area is 66.1 Å². The average molecular weight is 149 g/mol. The van der Waals surface area contributed by atoms with Crippen molar-refractivity contribution < 1.29 is 0 Å². The molecule has 0 radical (unpaired) electrons. The van der Waals surface area contributed by atoms with E-state index >= 15 is 0 Å². The van der Waals surface area contributed by atoms with Crippen molar-refractivity contribution in [1.82, 2.24) is 10.4 Å². The zero-order valence-electron chi connectivity index (χ0n) is 6.70. The molecule has 2 aliphatic rings. The summed E-state index contributed by atoms with van der Waals surface area (Å²) < 4.78 is 0. The van der Waals surface area contributed by atoms with Crippen molar-refractivity contribution in [3.05, 3.63) is 23.9 Å². The highest BCUT2D eigenvalue weighted by molar-refractivity contribution is 5.94. The lowest BCUT2D eigenvalue weighted by Gasteiger charge is -2.19. The van der Waals surface area contributed by atoms with Crippen LogP contribution in [0.25, 0.3) is 0 Å². The first-order valence-corrected chi connectivity index (χ1v) is 3.69. The number of fused-ring (bicyclic) bond motifs is 1. The van der Waals surface area contributed by atoms with Gasteiger partial charge in [-0.3, -0.25) is 4.99 Å². The first kappa shape index (κ1) is 6.61. The minimum Gasteiger partial charge on any atom is -0.324 e. The SMILES string of the molecule is CC1=NC2C(=CNN2C)C=C1. The van der Waals surface area contributed by atoms with Crippen LogP contribution < -0.4 is 5.43 Å². The molecule has 2 rings (SSSR count). The molecule has 0 aromatic rings. The van der Waals surface area contributed by atoms with E-state index in [1.54, 1.807) is 0 Å². The number of hydrazine groups is 1. The van der Waals surface area contributed by atoms with Crippen LogP contribution in [0.15, 0.2) is 28.9 Å². The maximum Gasteiger partial charge on any atom is 0.145 e. The molecule has 1 atom stereocenters. The van der Waals surface area contributed by atoms with Gasteiger partial charge in [0, 0.05) is 24.5 Å². The monoisotopic (exact) mass is 149 g/mol. The van der Waals surface area contributed by atoms with E-state index in [4.69, 9.17) is 0 Å². The number of hydrogen-bond acceptors (Lipinski definition) is 3. The van der Waals surface area contributed by atoms with Crippen molar-refractivity contribution >= 4 is 5.71 Å². The molecule has 3 heteroatoms. The molecule has 3 nitrogen and oxygen atoms in total. The summed E-state index contributed by atoms with van der Waals surface area (Å²) in [7, 11) is 1.99. The summed E-state index contributed by atoms with van der Waals surface area (Å²) in [4.78, 5) is 4.45. The van der Waals surface area contributed by atoms with Gasteiger partial charge in [0.1, 0.15) is 6.17 Å². The van der Waals surface area contributed by atoms with E-state index in [-0.39, 0.29) is 6.17 Å². The smallest absolute Gasteiger partial charge is 0.145 e. The van der Waals surface area contributed by atoms with Crippen molar-refractivity contribution in [2.24, 2.45) is 4.99 Å². The summed E-state index contributed by atoms with van der Waals surface area (Å²) in [6.07, 6.45) is 6.31. The van der Waals surface area contributed by atoms with Crippen LogP contribution in [-0.2, 0) is 0 Å². The van der Waals surface area contributed by atoms with E-state index in [2.05, 4.69) is 16.5 Å². The van der Waals surface area contributed by atoms with Gasteiger partial charge in [-0.05, 0) is 13.0 Å². The normalized spacial score (nSPS) is 29.1. The molecule has 0 aliphatic carbocycles. The van der Waals surface area contributed by atoms with Crippen molar-refractivity contribution in [2.45, 2.75) is 13.1 Å². The molecule has 0 bridgehead atoms. The summed E-state index contributed by atoms with van der Waals surface area (Å²) in [5.41, 5.74) is 5.42. The van der Waals surface area contributed by atoms with Crippen LogP contribution in [0.5, 0.6) is 0 Å². The van der Waals surface area contributed by atoms with Gasteiger partial charge >= 0.3 is 0 Å².